The quantitative estimate of drug-likeness (QED) is 0.192. The monoisotopic (exact) mass is 629 g/mol. The summed E-state index contributed by atoms with van der Waals surface area (Å²) in [6.45, 7) is 6.56. The second-order valence-corrected chi connectivity index (χ2v) is 12.9. The van der Waals surface area contributed by atoms with E-state index in [1.807, 2.05) is 48.5 Å². The predicted octanol–water partition coefficient (Wildman–Crippen LogP) is 7.24. The van der Waals surface area contributed by atoms with Crippen molar-refractivity contribution in [2.24, 2.45) is 11.8 Å². The molecule has 0 radical (unpaired) electrons. The summed E-state index contributed by atoms with van der Waals surface area (Å²) >= 11 is 6.26. The van der Waals surface area contributed by atoms with Crippen molar-refractivity contribution in [1.29, 1.82) is 0 Å². The number of benzene rings is 3. The normalized spacial score (nSPS) is 23.4. The number of hydrogen-bond donors (Lipinski definition) is 0. The number of rotatable bonds is 8. The number of carbonyl (C=O) groups excluding carboxylic acids is 3. The van der Waals surface area contributed by atoms with Gasteiger partial charge in [0.05, 0.1) is 31.4 Å². The van der Waals surface area contributed by atoms with Gasteiger partial charge in [-0.05, 0) is 59.6 Å². The van der Waals surface area contributed by atoms with Gasteiger partial charge in [-0.1, -0.05) is 99.5 Å². The maximum atomic E-state index is 14.7. The van der Waals surface area contributed by atoms with Gasteiger partial charge in [0.1, 0.15) is 6.10 Å². The van der Waals surface area contributed by atoms with Gasteiger partial charge in [-0.25, -0.2) is 14.4 Å². The predicted molar refractivity (Wildman–Crippen MR) is 174 cm³/mol. The van der Waals surface area contributed by atoms with Crippen LogP contribution in [-0.2, 0) is 34.0 Å². The Morgan fingerprint density at radius 3 is 1.98 bits per heavy atom. The molecule has 0 bridgehead atoms. The van der Waals surface area contributed by atoms with Gasteiger partial charge >= 0.3 is 17.9 Å². The summed E-state index contributed by atoms with van der Waals surface area (Å²) in [4.78, 5) is 43.5. The van der Waals surface area contributed by atoms with Crippen LogP contribution < -0.4 is 4.90 Å². The van der Waals surface area contributed by atoms with E-state index in [4.69, 9.17) is 25.8 Å². The standard InChI is InChI=1S/C37H40ClNO6/c1-23-16-21-28(37(2,3)25-14-10-7-11-15-25)29(22-23)45-36(42)33-31(35(41)44-5)30(34(40)43-4)32(24-12-8-6-9-13-24)39(33)27-19-17-26(38)18-20-27/h6-15,17-20,23,28-29,32-33H,16,21-22H2,1-5H3/t23-,28-,29-,32+,33-/m1/s1. The van der Waals surface area contributed by atoms with Crippen LogP contribution in [-0.4, -0.2) is 44.3 Å². The Bertz CT molecular complexity index is 1550. The second kappa shape index (κ2) is 13.5. The number of hydrogen-bond acceptors (Lipinski definition) is 7. The number of ether oxygens (including phenoxy) is 3. The highest BCUT2D eigenvalue weighted by Gasteiger charge is 2.53. The summed E-state index contributed by atoms with van der Waals surface area (Å²) < 4.78 is 16.9. The average Bonchev–Trinajstić information content (AvgIpc) is 3.41. The molecular weight excluding hydrogens is 590 g/mol. The number of anilines is 1. The molecule has 2 aliphatic rings. The van der Waals surface area contributed by atoms with Gasteiger partial charge in [-0.15, -0.1) is 0 Å². The maximum Gasteiger partial charge on any atom is 0.337 e. The fraction of sp³-hybridized carbons (Fsp3) is 0.378. The Morgan fingerprint density at radius 2 is 1.38 bits per heavy atom. The lowest BCUT2D eigenvalue weighted by molar-refractivity contribution is -0.158. The van der Waals surface area contributed by atoms with Gasteiger partial charge in [0.2, 0.25) is 0 Å². The van der Waals surface area contributed by atoms with E-state index < -0.39 is 36.1 Å². The number of halogens is 1. The van der Waals surface area contributed by atoms with E-state index in [1.165, 1.54) is 19.8 Å². The molecule has 1 heterocycles. The molecule has 3 aromatic rings. The third-order valence-corrected chi connectivity index (χ3v) is 9.69. The molecule has 1 saturated carbocycles. The molecule has 0 N–H and O–H groups in total. The summed E-state index contributed by atoms with van der Waals surface area (Å²) in [7, 11) is 2.49. The summed E-state index contributed by atoms with van der Waals surface area (Å²) in [6, 6.07) is 24.3. The van der Waals surface area contributed by atoms with Gasteiger partial charge in [0.25, 0.3) is 0 Å². The highest BCUT2D eigenvalue weighted by molar-refractivity contribution is 6.30. The zero-order valence-corrected chi connectivity index (χ0v) is 27.1. The van der Waals surface area contributed by atoms with Crippen LogP contribution in [0.5, 0.6) is 0 Å². The highest BCUT2D eigenvalue weighted by atomic mass is 35.5. The Hall–Kier alpha value is -4.10. The van der Waals surface area contributed by atoms with Crippen LogP contribution in [0.1, 0.15) is 57.2 Å². The molecule has 1 fully saturated rings. The van der Waals surface area contributed by atoms with Crippen molar-refractivity contribution in [3.8, 4) is 0 Å². The Kier molecular flexibility index (Phi) is 9.68. The molecule has 3 aromatic carbocycles. The summed E-state index contributed by atoms with van der Waals surface area (Å²) in [5.41, 5.74) is 2.09. The van der Waals surface area contributed by atoms with Crippen molar-refractivity contribution >= 4 is 35.2 Å². The number of methoxy groups -OCH3 is 2. The maximum absolute atomic E-state index is 14.7. The van der Waals surface area contributed by atoms with Gasteiger partial charge in [-0.2, -0.15) is 0 Å². The lowest BCUT2D eigenvalue weighted by atomic mass is 9.64. The van der Waals surface area contributed by atoms with Gasteiger partial charge < -0.3 is 19.1 Å². The minimum Gasteiger partial charge on any atom is -0.466 e. The lowest BCUT2D eigenvalue weighted by Crippen LogP contribution is -2.48. The van der Waals surface area contributed by atoms with Crippen LogP contribution in [0.15, 0.2) is 96.1 Å². The first-order valence-corrected chi connectivity index (χ1v) is 15.7. The smallest absolute Gasteiger partial charge is 0.337 e. The van der Waals surface area contributed by atoms with Crippen molar-refractivity contribution < 1.29 is 28.6 Å². The van der Waals surface area contributed by atoms with Crippen LogP contribution >= 0.6 is 11.6 Å². The Morgan fingerprint density at radius 1 is 0.800 bits per heavy atom. The Balaban J connectivity index is 1.64. The fourth-order valence-corrected chi connectivity index (χ4v) is 7.20. The van der Waals surface area contributed by atoms with Crippen molar-refractivity contribution in [2.75, 3.05) is 19.1 Å². The largest absolute Gasteiger partial charge is 0.466 e. The van der Waals surface area contributed by atoms with E-state index >= 15 is 0 Å². The van der Waals surface area contributed by atoms with Crippen LogP contribution in [0.2, 0.25) is 5.02 Å². The number of nitrogens with zero attached hydrogens (tertiary/aromatic N) is 1. The van der Waals surface area contributed by atoms with E-state index in [0.717, 1.165) is 12.8 Å². The second-order valence-electron chi connectivity index (χ2n) is 12.5. The molecule has 5 atom stereocenters. The lowest BCUT2D eigenvalue weighted by Gasteiger charge is -2.44. The van der Waals surface area contributed by atoms with Crippen molar-refractivity contribution in [2.45, 2.75) is 63.6 Å². The zero-order chi connectivity index (χ0) is 32.3. The van der Waals surface area contributed by atoms with Crippen molar-refractivity contribution in [1.82, 2.24) is 0 Å². The molecular formula is C37H40ClNO6. The third kappa shape index (κ3) is 6.36. The SMILES string of the molecule is COC(=O)C1=C(C(=O)OC)[C@H](c2ccccc2)N(c2ccc(Cl)cc2)[C@H]1C(=O)O[C@@H]1C[C@H](C)CC[C@H]1C(C)(C)c1ccccc1. The van der Waals surface area contributed by atoms with Crippen molar-refractivity contribution in [3.63, 3.8) is 0 Å². The fourth-order valence-electron chi connectivity index (χ4n) is 7.07. The van der Waals surface area contributed by atoms with E-state index in [0.29, 0.717) is 28.6 Å². The van der Waals surface area contributed by atoms with Crippen LogP contribution in [0, 0.1) is 11.8 Å². The molecule has 45 heavy (non-hydrogen) atoms. The number of esters is 3. The molecule has 236 valence electrons. The molecule has 1 aliphatic carbocycles. The van der Waals surface area contributed by atoms with E-state index in [-0.39, 0.29) is 22.5 Å². The molecule has 7 nitrogen and oxygen atoms in total. The van der Waals surface area contributed by atoms with Crippen LogP contribution in [0.4, 0.5) is 5.69 Å². The molecule has 0 saturated heterocycles. The molecule has 0 aromatic heterocycles. The minimum absolute atomic E-state index is 0.0287. The zero-order valence-electron chi connectivity index (χ0n) is 26.4. The third-order valence-electron chi connectivity index (χ3n) is 9.43. The summed E-state index contributed by atoms with van der Waals surface area (Å²) in [5, 5.41) is 0.504. The van der Waals surface area contributed by atoms with Gasteiger partial charge in [-0.3, -0.25) is 0 Å². The molecule has 0 spiro atoms. The average molecular weight is 630 g/mol. The van der Waals surface area contributed by atoms with Gasteiger partial charge in [0, 0.05) is 16.6 Å². The first-order valence-electron chi connectivity index (χ1n) is 15.3. The van der Waals surface area contributed by atoms with Gasteiger partial charge in [0.15, 0.2) is 6.04 Å². The Labute approximate surface area is 270 Å². The van der Waals surface area contributed by atoms with Crippen molar-refractivity contribution in [3.05, 3.63) is 112 Å². The molecule has 1 aliphatic heterocycles. The first-order chi connectivity index (χ1) is 21.6. The number of carbonyl (C=O) groups is 3. The molecule has 0 amide bonds. The minimum atomic E-state index is -1.28. The van der Waals surface area contributed by atoms with Crippen LogP contribution in [0.3, 0.4) is 0 Å². The topological polar surface area (TPSA) is 82.1 Å². The summed E-state index contributed by atoms with van der Waals surface area (Å²) in [5.74, 6) is -1.78. The first kappa shape index (κ1) is 32.3. The molecule has 5 rings (SSSR count). The van der Waals surface area contributed by atoms with E-state index in [1.54, 1.807) is 29.2 Å². The molecule has 0 unspecified atom stereocenters. The van der Waals surface area contributed by atoms with Crippen LogP contribution in [0.25, 0.3) is 0 Å². The van der Waals surface area contributed by atoms with E-state index in [2.05, 4.69) is 32.9 Å². The molecule has 8 heteroatoms. The highest BCUT2D eigenvalue weighted by Crippen LogP contribution is 2.47. The van der Waals surface area contributed by atoms with E-state index in [9.17, 15) is 14.4 Å². The summed E-state index contributed by atoms with van der Waals surface area (Å²) in [6.07, 6.45) is 2.17.